The number of benzene rings is 2. The van der Waals surface area contributed by atoms with Crippen molar-refractivity contribution < 1.29 is 18.8 Å². The molecule has 0 bridgehead atoms. The molecule has 124 valence electrons. The zero-order valence-electron chi connectivity index (χ0n) is 12.6. The number of carbonyl (C=O) groups excluding carboxylic acids is 1. The summed E-state index contributed by atoms with van der Waals surface area (Å²) < 4.78 is 18.0. The van der Waals surface area contributed by atoms with Crippen LogP contribution in [0.2, 0.25) is 0 Å². The largest absolute Gasteiger partial charge is 0.402 e. The molecule has 0 fully saturated rings. The molecule has 3 rings (SSSR count). The Morgan fingerprint density at radius 2 is 1.80 bits per heavy atom. The highest BCUT2D eigenvalue weighted by molar-refractivity contribution is 5.91. The third-order valence-corrected chi connectivity index (χ3v) is 3.27. The van der Waals surface area contributed by atoms with Crippen molar-refractivity contribution in [3.05, 3.63) is 82.2 Å². The molecule has 8 heteroatoms. The lowest BCUT2D eigenvalue weighted by Crippen LogP contribution is -2.10. The Bertz CT molecular complexity index is 927. The van der Waals surface area contributed by atoms with Crippen molar-refractivity contribution in [1.82, 2.24) is 10.2 Å². The average molecular weight is 339 g/mol. The molecule has 0 saturated carbocycles. The van der Waals surface area contributed by atoms with E-state index < -0.39 is 10.9 Å². The molecule has 0 unspecified atom stereocenters. The van der Waals surface area contributed by atoms with E-state index in [4.69, 9.17) is 4.74 Å². The molecule has 0 radical (unpaired) electrons. The number of rotatable bonds is 4. The zero-order valence-corrected chi connectivity index (χ0v) is 12.6. The van der Waals surface area contributed by atoms with Crippen molar-refractivity contribution in [3.8, 4) is 17.1 Å². The second kappa shape index (κ2) is 6.83. The lowest BCUT2D eigenvalue weighted by atomic mass is 10.1. The van der Waals surface area contributed by atoms with Crippen molar-refractivity contribution in [1.29, 1.82) is 0 Å². The first kappa shape index (κ1) is 16.2. The Kier molecular flexibility index (Phi) is 4.42. The van der Waals surface area contributed by atoms with Gasteiger partial charge in [-0.15, -0.1) is 10.2 Å². The van der Waals surface area contributed by atoms with Crippen LogP contribution in [0.3, 0.4) is 0 Å². The third kappa shape index (κ3) is 3.81. The topological polar surface area (TPSA) is 95.2 Å². The fourth-order valence-corrected chi connectivity index (χ4v) is 2.05. The maximum Gasteiger partial charge on any atom is 0.345 e. The predicted molar refractivity (Wildman–Crippen MR) is 85.5 cm³/mol. The number of nitrogens with zero attached hydrogens (tertiary/aromatic N) is 3. The molecule has 3 aromatic rings. The van der Waals surface area contributed by atoms with E-state index >= 15 is 0 Å². The lowest BCUT2D eigenvalue weighted by Gasteiger charge is -2.04. The van der Waals surface area contributed by atoms with Crippen LogP contribution >= 0.6 is 0 Å². The first-order chi connectivity index (χ1) is 12.0. The summed E-state index contributed by atoms with van der Waals surface area (Å²) in [5.41, 5.74) is 0.950. The van der Waals surface area contributed by atoms with Gasteiger partial charge in [0.2, 0.25) is 5.88 Å². The summed E-state index contributed by atoms with van der Waals surface area (Å²) in [5, 5.41) is 18.4. The Hall–Kier alpha value is -3.68. The second-order valence-corrected chi connectivity index (χ2v) is 4.96. The molecule has 0 atom stereocenters. The van der Waals surface area contributed by atoms with Gasteiger partial charge in [0.15, 0.2) is 0 Å². The molecular weight excluding hydrogens is 329 g/mol. The molecular formula is C17H10FN3O4. The van der Waals surface area contributed by atoms with Gasteiger partial charge in [-0.1, -0.05) is 6.07 Å². The fraction of sp³-hybridized carbons (Fsp3) is 0. The number of hydrogen-bond acceptors (Lipinski definition) is 6. The number of hydrogen-bond donors (Lipinski definition) is 0. The van der Waals surface area contributed by atoms with Gasteiger partial charge in [0.25, 0.3) is 5.69 Å². The normalized spacial score (nSPS) is 10.3. The van der Waals surface area contributed by atoms with Crippen molar-refractivity contribution in [3.63, 3.8) is 0 Å². The molecule has 1 heterocycles. The van der Waals surface area contributed by atoms with E-state index in [0.717, 1.165) is 6.07 Å². The van der Waals surface area contributed by atoms with Gasteiger partial charge in [0.1, 0.15) is 5.82 Å². The molecule has 0 aliphatic rings. The molecule has 2 aromatic carbocycles. The molecule has 0 aliphatic heterocycles. The van der Waals surface area contributed by atoms with Crippen LogP contribution in [0, 0.1) is 15.9 Å². The first-order valence-electron chi connectivity index (χ1n) is 7.09. The van der Waals surface area contributed by atoms with Crippen molar-refractivity contribution in [2.75, 3.05) is 0 Å². The minimum Gasteiger partial charge on any atom is -0.402 e. The number of esters is 1. The van der Waals surface area contributed by atoms with E-state index in [0.29, 0.717) is 11.3 Å². The smallest absolute Gasteiger partial charge is 0.345 e. The average Bonchev–Trinajstić information content (AvgIpc) is 2.63. The van der Waals surface area contributed by atoms with Crippen LogP contribution in [-0.2, 0) is 0 Å². The second-order valence-electron chi connectivity index (χ2n) is 4.96. The summed E-state index contributed by atoms with van der Waals surface area (Å²) in [6, 6.07) is 13.9. The maximum absolute atomic E-state index is 12.9. The standard InChI is InChI=1S/C17H10FN3O4/c18-13-6-4-11(5-7-13)15-8-9-16(20-19-15)25-17(22)12-2-1-3-14(10-12)21(23)24/h1-10H. The van der Waals surface area contributed by atoms with Gasteiger partial charge in [-0.3, -0.25) is 10.1 Å². The highest BCUT2D eigenvalue weighted by atomic mass is 19.1. The van der Waals surface area contributed by atoms with Crippen molar-refractivity contribution >= 4 is 11.7 Å². The quantitative estimate of drug-likeness (QED) is 0.411. The number of non-ortho nitro benzene ring substituents is 1. The van der Waals surface area contributed by atoms with Gasteiger partial charge < -0.3 is 4.74 Å². The molecule has 7 nitrogen and oxygen atoms in total. The van der Waals surface area contributed by atoms with Crippen LogP contribution in [0.25, 0.3) is 11.3 Å². The lowest BCUT2D eigenvalue weighted by molar-refractivity contribution is -0.384. The van der Waals surface area contributed by atoms with Gasteiger partial charge in [-0.25, -0.2) is 9.18 Å². The summed E-state index contributed by atoms with van der Waals surface area (Å²) in [6.07, 6.45) is 0. The molecule has 0 N–H and O–H groups in total. The van der Waals surface area contributed by atoms with Crippen molar-refractivity contribution in [2.24, 2.45) is 0 Å². The zero-order chi connectivity index (χ0) is 17.8. The molecule has 0 spiro atoms. The van der Waals surface area contributed by atoms with Crippen LogP contribution < -0.4 is 4.74 Å². The minimum atomic E-state index is -0.785. The summed E-state index contributed by atoms with van der Waals surface area (Å²) in [7, 11) is 0. The molecule has 0 saturated heterocycles. The Labute approximate surface area is 140 Å². The van der Waals surface area contributed by atoms with Crippen LogP contribution in [0.5, 0.6) is 5.88 Å². The number of carbonyl (C=O) groups is 1. The van der Waals surface area contributed by atoms with E-state index in [1.807, 2.05) is 0 Å². The monoisotopic (exact) mass is 339 g/mol. The maximum atomic E-state index is 12.9. The SMILES string of the molecule is O=C(Oc1ccc(-c2ccc(F)cc2)nn1)c1cccc([N+](=O)[O-])c1. The molecule has 0 amide bonds. The van der Waals surface area contributed by atoms with E-state index in [1.165, 1.54) is 36.4 Å². The van der Waals surface area contributed by atoms with E-state index in [2.05, 4.69) is 10.2 Å². The third-order valence-electron chi connectivity index (χ3n) is 3.27. The van der Waals surface area contributed by atoms with Gasteiger partial charge in [0.05, 0.1) is 16.2 Å². The number of aromatic nitrogens is 2. The predicted octanol–water partition coefficient (Wildman–Crippen LogP) is 3.41. The van der Waals surface area contributed by atoms with E-state index in [1.54, 1.807) is 18.2 Å². The van der Waals surface area contributed by atoms with Gasteiger partial charge in [-0.05, 0) is 36.4 Å². The Morgan fingerprint density at radius 3 is 2.44 bits per heavy atom. The summed E-state index contributed by atoms with van der Waals surface area (Å²) in [6.45, 7) is 0. The van der Waals surface area contributed by atoms with Crippen molar-refractivity contribution in [2.45, 2.75) is 0 Å². The molecule has 25 heavy (non-hydrogen) atoms. The Morgan fingerprint density at radius 1 is 1.04 bits per heavy atom. The van der Waals surface area contributed by atoms with E-state index in [9.17, 15) is 19.3 Å². The van der Waals surface area contributed by atoms with Crippen LogP contribution in [0.4, 0.5) is 10.1 Å². The number of ether oxygens (including phenoxy) is 1. The molecule has 1 aromatic heterocycles. The number of nitro benzene ring substituents is 1. The van der Waals surface area contributed by atoms with E-state index in [-0.39, 0.29) is 22.9 Å². The van der Waals surface area contributed by atoms with Gasteiger partial charge >= 0.3 is 5.97 Å². The number of nitro groups is 1. The molecule has 0 aliphatic carbocycles. The van der Waals surface area contributed by atoms with Gasteiger partial charge in [-0.2, -0.15) is 0 Å². The highest BCUT2D eigenvalue weighted by Gasteiger charge is 2.14. The summed E-state index contributed by atoms with van der Waals surface area (Å²) in [4.78, 5) is 22.2. The summed E-state index contributed by atoms with van der Waals surface area (Å²) >= 11 is 0. The fourth-order valence-electron chi connectivity index (χ4n) is 2.05. The first-order valence-corrected chi connectivity index (χ1v) is 7.09. The number of halogens is 1. The van der Waals surface area contributed by atoms with Crippen LogP contribution in [0.15, 0.2) is 60.7 Å². The minimum absolute atomic E-state index is 0.0265. The Balaban J connectivity index is 1.75. The van der Waals surface area contributed by atoms with Gasteiger partial charge in [0, 0.05) is 23.8 Å². The highest BCUT2D eigenvalue weighted by Crippen LogP contribution is 2.19. The van der Waals surface area contributed by atoms with Crippen LogP contribution in [0.1, 0.15) is 10.4 Å². The van der Waals surface area contributed by atoms with Crippen LogP contribution in [-0.4, -0.2) is 21.1 Å². The summed E-state index contributed by atoms with van der Waals surface area (Å²) in [5.74, 6) is -1.20.